The third-order valence-electron chi connectivity index (χ3n) is 3.81. The number of carbonyl (C=O) groups excluding carboxylic acids is 1. The van der Waals surface area contributed by atoms with E-state index in [9.17, 15) is 4.79 Å². The van der Waals surface area contributed by atoms with Crippen LogP contribution in [0.4, 0.5) is 0 Å². The molecule has 3 heteroatoms. The van der Waals surface area contributed by atoms with Gasteiger partial charge in [0.15, 0.2) is 0 Å². The van der Waals surface area contributed by atoms with E-state index in [-0.39, 0.29) is 18.1 Å². The Kier molecular flexibility index (Phi) is 3.65. The number of hydrogen-bond donors (Lipinski definition) is 1. The molecule has 3 rings (SSSR count). The molecule has 0 spiro atoms. The molecule has 1 aliphatic rings. The summed E-state index contributed by atoms with van der Waals surface area (Å²) < 4.78 is 5.66. The third-order valence-corrected chi connectivity index (χ3v) is 3.81. The largest absolute Gasteiger partial charge is 0.490 e. The molecular formula is C18H19NO2. The van der Waals surface area contributed by atoms with Gasteiger partial charge in [-0.2, -0.15) is 0 Å². The minimum absolute atomic E-state index is 0.0119. The summed E-state index contributed by atoms with van der Waals surface area (Å²) in [5.74, 6) is 0.851. The fourth-order valence-corrected chi connectivity index (χ4v) is 2.67. The van der Waals surface area contributed by atoms with Crippen molar-refractivity contribution in [3.05, 3.63) is 65.2 Å². The second kappa shape index (κ2) is 5.60. The summed E-state index contributed by atoms with van der Waals surface area (Å²) in [6.45, 7) is 4.03. The number of carbonyl (C=O) groups is 1. The smallest absolute Gasteiger partial charge is 0.251 e. The van der Waals surface area contributed by atoms with Gasteiger partial charge in [-0.3, -0.25) is 4.79 Å². The van der Waals surface area contributed by atoms with Gasteiger partial charge in [0.1, 0.15) is 11.9 Å². The van der Waals surface area contributed by atoms with Crippen molar-refractivity contribution in [2.24, 2.45) is 0 Å². The van der Waals surface area contributed by atoms with E-state index in [1.165, 1.54) is 0 Å². The van der Waals surface area contributed by atoms with E-state index in [0.717, 1.165) is 23.3 Å². The van der Waals surface area contributed by atoms with Gasteiger partial charge in [-0.15, -0.1) is 0 Å². The van der Waals surface area contributed by atoms with Crippen molar-refractivity contribution in [3.8, 4) is 5.75 Å². The molecule has 21 heavy (non-hydrogen) atoms. The average Bonchev–Trinajstić information content (AvgIpc) is 2.87. The highest BCUT2D eigenvalue weighted by Crippen LogP contribution is 2.29. The number of ether oxygens (including phenoxy) is 1. The summed E-state index contributed by atoms with van der Waals surface area (Å²) >= 11 is 0. The van der Waals surface area contributed by atoms with Crippen molar-refractivity contribution in [2.45, 2.75) is 32.4 Å². The molecule has 0 saturated heterocycles. The van der Waals surface area contributed by atoms with Gasteiger partial charge in [0, 0.05) is 12.0 Å². The summed E-state index contributed by atoms with van der Waals surface area (Å²) in [4.78, 5) is 12.4. The van der Waals surface area contributed by atoms with E-state index in [1.807, 2.05) is 62.4 Å². The summed E-state index contributed by atoms with van der Waals surface area (Å²) in [6, 6.07) is 15.6. The Morgan fingerprint density at radius 1 is 1.24 bits per heavy atom. The van der Waals surface area contributed by atoms with Crippen LogP contribution in [-0.2, 0) is 6.42 Å². The predicted molar refractivity (Wildman–Crippen MR) is 82.6 cm³/mol. The SMILES string of the molecule is C[C@@H]1Cc2cc(C(=O)N[C@@H](C)c3ccccc3)ccc2O1. The number of amides is 1. The molecule has 2 aromatic rings. The lowest BCUT2D eigenvalue weighted by molar-refractivity contribution is 0.0940. The Balaban J connectivity index is 1.73. The standard InChI is InChI=1S/C18H19NO2/c1-12-10-16-11-15(8-9-17(16)21-12)18(20)19-13(2)14-6-4-3-5-7-14/h3-9,11-13H,10H2,1-2H3,(H,19,20)/t12-,13+/m1/s1. The maximum Gasteiger partial charge on any atom is 0.251 e. The monoisotopic (exact) mass is 281 g/mol. The van der Waals surface area contributed by atoms with Crippen molar-refractivity contribution >= 4 is 5.91 Å². The summed E-state index contributed by atoms with van der Waals surface area (Å²) in [7, 11) is 0. The quantitative estimate of drug-likeness (QED) is 0.935. The van der Waals surface area contributed by atoms with Gasteiger partial charge in [-0.05, 0) is 43.2 Å². The molecule has 1 heterocycles. The average molecular weight is 281 g/mol. The van der Waals surface area contributed by atoms with E-state index < -0.39 is 0 Å². The molecule has 1 aliphatic heterocycles. The molecule has 0 radical (unpaired) electrons. The van der Waals surface area contributed by atoms with Crippen LogP contribution >= 0.6 is 0 Å². The molecule has 108 valence electrons. The highest BCUT2D eigenvalue weighted by molar-refractivity contribution is 5.94. The zero-order valence-corrected chi connectivity index (χ0v) is 12.3. The predicted octanol–water partition coefficient (Wildman–Crippen LogP) is 3.50. The number of nitrogens with one attached hydrogen (secondary N) is 1. The topological polar surface area (TPSA) is 38.3 Å². The Bertz CT molecular complexity index is 652. The molecule has 1 N–H and O–H groups in total. The van der Waals surface area contributed by atoms with Crippen LogP contribution in [0.3, 0.4) is 0 Å². The minimum Gasteiger partial charge on any atom is -0.490 e. The van der Waals surface area contributed by atoms with Crippen LogP contribution in [0.15, 0.2) is 48.5 Å². The Morgan fingerprint density at radius 2 is 2.00 bits per heavy atom. The van der Waals surface area contributed by atoms with Crippen molar-refractivity contribution in [1.82, 2.24) is 5.32 Å². The number of rotatable bonds is 3. The van der Waals surface area contributed by atoms with E-state index in [1.54, 1.807) is 0 Å². The van der Waals surface area contributed by atoms with Crippen LogP contribution in [0, 0.1) is 0 Å². The first-order chi connectivity index (χ1) is 10.1. The first-order valence-corrected chi connectivity index (χ1v) is 7.29. The van der Waals surface area contributed by atoms with Gasteiger partial charge in [0.2, 0.25) is 0 Å². The molecule has 3 nitrogen and oxygen atoms in total. The molecule has 2 aromatic carbocycles. The molecule has 0 saturated carbocycles. The Hall–Kier alpha value is -2.29. The van der Waals surface area contributed by atoms with Gasteiger partial charge < -0.3 is 10.1 Å². The first-order valence-electron chi connectivity index (χ1n) is 7.29. The third kappa shape index (κ3) is 2.92. The number of fused-ring (bicyclic) bond motifs is 1. The normalized spacial score (nSPS) is 17.7. The van der Waals surface area contributed by atoms with E-state index in [2.05, 4.69) is 5.32 Å². The van der Waals surface area contributed by atoms with Crippen molar-refractivity contribution < 1.29 is 9.53 Å². The molecule has 0 aromatic heterocycles. The van der Waals surface area contributed by atoms with Gasteiger partial charge in [-0.25, -0.2) is 0 Å². The summed E-state index contributed by atoms with van der Waals surface area (Å²) in [6.07, 6.45) is 1.06. The second-order valence-electron chi connectivity index (χ2n) is 5.56. The Morgan fingerprint density at radius 3 is 2.76 bits per heavy atom. The number of benzene rings is 2. The number of hydrogen-bond acceptors (Lipinski definition) is 2. The van der Waals surface area contributed by atoms with Crippen molar-refractivity contribution in [2.75, 3.05) is 0 Å². The molecule has 1 amide bonds. The van der Waals surface area contributed by atoms with Crippen LogP contribution in [0.1, 0.15) is 41.4 Å². The van der Waals surface area contributed by atoms with Gasteiger partial charge in [-0.1, -0.05) is 30.3 Å². The summed E-state index contributed by atoms with van der Waals surface area (Å²) in [5.41, 5.74) is 2.90. The summed E-state index contributed by atoms with van der Waals surface area (Å²) in [5, 5.41) is 3.04. The maximum atomic E-state index is 12.4. The van der Waals surface area contributed by atoms with E-state index >= 15 is 0 Å². The minimum atomic E-state index is -0.0475. The Labute approximate surface area is 124 Å². The molecule has 0 fully saturated rings. The lowest BCUT2D eigenvalue weighted by Gasteiger charge is -2.14. The highest BCUT2D eigenvalue weighted by Gasteiger charge is 2.20. The van der Waals surface area contributed by atoms with Crippen LogP contribution < -0.4 is 10.1 Å². The zero-order valence-electron chi connectivity index (χ0n) is 12.3. The maximum absolute atomic E-state index is 12.4. The second-order valence-corrected chi connectivity index (χ2v) is 5.56. The van der Waals surface area contributed by atoms with Crippen LogP contribution in [0.25, 0.3) is 0 Å². The zero-order chi connectivity index (χ0) is 14.8. The van der Waals surface area contributed by atoms with E-state index in [4.69, 9.17) is 4.74 Å². The molecule has 2 atom stereocenters. The fourth-order valence-electron chi connectivity index (χ4n) is 2.67. The van der Waals surface area contributed by atoms with Gasteiger partial charge in [0.25, 0.3) is 5.91 Å². The lowest BCUT2D eigenvalue weighted by Crippen LogP contribution is -2.26. The first kappa shape index (κ1) is 13.7. The molecular weight excluding hydrogens is 262 g/mol. The lowest BCUT2D eigenvalue weighted by atomic mass is 10.1. The van der Waals surface area contributed by atoms with Crippen molar-refractivity contribution in [3.63, 3.8) is 0 Å². The van der Waals surface area contributed by atoms with Gasteiger partial charge in [0.05, 0.1) is 6.04 Å². The van der Waals surface area contributed by atoms with Crippen LogP contribution in [0.2, 0.25) is 0 Å². The van der Waals surface area contributed by atoms with E-state index in [0.29, 0.717) is 5.56 Å². The van der Waals surface area contributed by atoms with Gasteiger partial charge >= 0.3 is 0 Å². The van der Waals surface area contributed by atoms with Crippen molar-refractivity contribution in [1.29, 1.82) is 0 Å². The fraction of sp³-hybridized carbons (Fsp3) is 0.278. The highest BCUT2D eigenvalue weighted by atomic mass is 16.5. The molecule has 0 aliphatic carbocycles. The molecule has 0 unspecified atom stereocenters. The molecule has 0 bridgehead atoms. The van der Waals surface area contributed by atoms with Crippen LogP contribution in [-0.4, -0.2) is 12.0 Å². The van der Waals surface area contributed by atoms with Crippen LogP contribution in [0.5, 0.6) is 5.75 Å².